The number of carbonyl (C=O) groups excluding carboxylic acids is 1. The van der Waals surface area contributed by atoms with E-state index in [-0.39, 0.29) is 16.7 Å². The van der Waals surface area contributed by atoms with Gasteiger partial charge in [0.15, 0.2) is 0 Å². The quantitative estimate of drug-likeness (QED) is 0.486. The lowest BCUT2D eigenvalue weighted by molar-refractivity contribution is -0.384. The molecule has 0 aliphatic carbocycles. The molecular formula is C14H8F3NO3. The third-order valence-electron chi connectivity index (χ3n) is 2.88. The van der Waals surface area contributed by atoms with Gasteiger partial charge in [-0.2, -0.15) is 13.2 Å². The summed E-state index contributed by atoms with van der Waals surface area (Å²) in [6.07, 6.45) is -4.24. The van der Waals surface area contributed by atoms with Gasteiger partial charge in [0.1, 0.15) is 6.29 Å². The molecule has 0 heterocycles. The Labute approximate surface area is 117 Å². The summed E-state index contributed by atoms with van der Waals surface area (Å²) in [5.41, 5.74) is -1.97. The Kier molecular flexibility index (Phi) is 3.75. The molecule has 0 saturated carbocycles. The molecular weight excluding hydrogens is 287 g/mol. The average molecular weight is 295 g/mol. The molecule has 108 valence electrons. The van der Waals surface area contributed by atoms with Crippen molar-refractivity contribution in [3.63, 3.8) is 0 Å². The van der Waals surface area contributed by atoms with Crippen LogP contribution in [-0.2, 0) is 6.18 Å². The molecule has 0 atom stereocenters. The molecule has 0 unspecified atom stereocenters. The van der Waals surface area contributed by atoms with E-state index in [2.05, 4.69) is 0 Å². The van der Waals surface area contributed by atoms with Crippen LogP contribution in [0.3, 0.4) is 0 Å². The van der Waals surface area contributed by atoms with Crippen LogP contribution in [0.4, 0.5) is 18.9 Å². The van der Waals surface area contributed by atoms with Crippen LogP contribution in [-0.4, -0.2) is 11.2 Å². The lowest BCUT2D eigenvalue weighted by Gasteiger charge is -2.13. The van der Waals surface area contributed by atoms with Crippen LogP contribution in [0.25, 0.3) is 11.1 Å². The van der Waals surface area contributed by atoms with Crippen LogP contribution in [0.1, 0.15) is 15.9 Å². The summed E-state index contributed by atoms with van der Waals surface area (Å²) in [5, 5.41) is 11.0. The normalized spacial score (nSPS) is 11.2. The molecule has 0 fully saturated rings. The van der Waals surface area contributed by atoms with Crippen molar-refractivity contribution in [2.24, 2.45) is 0 Å². The van der Waals surface area contributed by atoms with Crippen molar-refractivity contribution >= 4 is 12.0 Å². The second kappa shape index (κ2) is 5.35. The standard InChI is InChI=1S/C14H8F3NO3/c15-14(16,17)12-4-2-1-3-10(12)11-6-5-9(8-19)7-13(11)18(20)21/h1-8H. The van der Waals surface area contributed by atoms with Gasteiger partial charge in [0.05, 0.1) is 16.1 Å². The molecule has 21 heavy (non-hydrogen) atoms. The molecule has 0 spiro atoms. The second-order valence-corrected chi connectivity index (χ2v) is 4.19. The van der Waals surface area contributed by atoms with Crippen LogP contribution < -0.4 is 0 Å². The van der Waals surface area contributed by atoms with Gasteiger partial charge in [-0.1, -0.05) is 24.3 Å². The largest absolute Gasteiger partial charge is 0.417 e. The van der Waals surface area contributed by atoms with Crippen molar-refractivity contribution < 1.29 is 22.9 Å². The zero-order valence-corrected chi connectivity index (χ0v) is 10.4. The predicted octanol–water partition coefficient (Wildman–Crippen LogP) is 4.09. The van der Waals surface area contributed by atoms with E-state index in [0.29, 0.717) is 6.29 Å². The highest BCUT2D eigenvalue weighted by Crippen LogP contribution is 2.40. The summed E-state index contributed by atoms with van der Waals surface area (Å²) in [7, 11) is 0. The van der Waals surface area contributed by atoms with Gasteiger partial charge < -0.3 is 0 Å². The third-order valence-corrected chi connectivity index (χ3v) is 2.88. The molecule has 0 bridgehead atoms. The number of nitrogens with zero attached hydrogens (tertiary/aromatic N) is 1. The van der Waals surface area contributed by atoms with E-state index < -0.39 is 22.4 Å². The number of hydrogen-bond acceptors (Lipinski definition) is 3. The van der Waals surface area contributed by atoms with Gasteiger partial charge in [-0.15, -0.1) is 0 Å². The van der Waals surface area contributed by atoms with E-state index >= 15 is 0 Å². The molecule has 2 aromatic rings. The fraction of sp³-hybridized carbons (Fsp3) is 0.0714. The van der Waals surface area contributed by atoms with Crippen LogP contribution >= 0.6 is 0 Å². The maximum Gasteiger partial charge on any atom is 0.417 e. The molecule has 0 N–H and O–H groups in total. The van der Waals surface area contributed by atoms with Crippen LogP contribution in [0.5, 0.6) is 0 Å². The fourth-order valence-electron chi connectivity index (χ4n) is 1.97. The number of alkyl halides is 3. The molecule has 0 saturated heterocycles. The zero-order chi connectivity index (χ0) is 15.6. The molecule has 0 aromatic heterocycles. The average Bonchev–Trinajstić information content (AvgIpc) is 2.45. The van der Waals surface area contributed by atoms with E-state index in [1.54, 1.807) is 0 Å². The first-order valence-corrected chi connectivity index (χ1v) is 5.75. The first kappa shape index (κ1) is 14.7. The Morgan fingerprint density at radius 3 is 2.29 bits per heavy atom. The van der Waals surface area contributed by atoms with Gasteiger partial charge in [0.2, 0.25) is 0 Å². The molecule has 7 heteroatoms. The van der Waals surface area contributed by atoms with Crippen LogP contribution in [0.15, 0.2) is 42.5 Å². The number of nitro benzene ring substituents is 1. The van der Waals surface area contributed by atoms with Gasteiger partial charge >= 0.3 is 6.18 Å². The maximum absolute atomic E-state index is 13.0. The number of carbonyl (C=O) groups is 1. The van der Waals surface area contributed by atoms with Crippen molar-refractivity contribution in [1.82, 2.24) is 0 Å². The summed E-state index contributed by atoms with van der Waals surface area (Å²) in [6, 6.07) is 7.92. The van der Waals surface area contributed by atoms with E-state index in [9.17, 15) is 28.1 Å². The number of hydrogen-bond donors (Lipinski definition) is 0. The lowest BCUT2D eigenvalue weighted by atomic mass is 9.97. The Morgan fingerprint density at radius 2 is 1.71 bits per heavy atom. The summed E-state index contributed by atoms with van der Waals surface area (Å²) < 4.78 is 39.0. The summed E-state index contributed by atoms with van der Waals surface area (Å²) in [4.78, 5) is 20.9. The minimum absolute atomic E-state index is 0.0231. The van der Waals surface area contributed by atoms with Gasteiger partial charge in [-0.25, -0.2) is 0 Å². The summed E-state index contributed by atoms with van der Waals surface area (Å²) >= 11 is 0. The first-order chi connectivity index (χ1) is 9.84. The van der Waals surface area contributed by atoms with Crippen LogP contribution in [0, 0.1) is 10.1 Å². The smallest absolute Gasteiger partial charge is 0.298 e. The Hall–Kier alpha value is -2.70. The zero-order valence-electron chi connectivity index (χ0n) is 10.4. The number of nitro groups is 1. The van der Waals surface area contributed by atoms with E-state index in [1.807, 2.05) is 0 Å². The van der Waals surface area contributed by atoms with Gasteiger partial charge in [0, 0.05) is 17.2 Å². The monoisotopic (exact) mass is 295 g/mol. The highest BCUT2D eigenvalue weighted by Gasteiger charge is 2.34. The van der Waals surface area contributed by atoms with E-state index in [0.717, 1.165) is 24.3 Å². The number of benzene rings is 2. The van der Waals surface area contributed by atoms with Crippen molar-refractivity contribution in [3.05, 3.63) is 63.7 Å². The van der Waals surface area contributed by atoms with E-state index in [1.165, 1.54) is 18.2 Å². The minimum atomic E-state index is -4.63. The van der Waals surface area contributed by atoms with Crippen LogP contribution in [0.2, 0.25) is 0 Å². The lowest BCUT2D eigenvalue weighted by Crippen LogP contribution is -2.07. The Morgan fingerprint density at radius 1 is 1.05 bits per heavy atom. The topological polar surface area (TPSA) is 60.2 Å². The second-order valence-electron chi connectivity index (χ2n) is 4.19. The highest BCUT2D eigenvalue weighted by atomic mass is 19.4. The van der Waals surface area contributed by atoms with Crippen molar-refractivity contribution in [1.29, 1.82) is 0 Å². The van der Waals surface area contributed by atoms with Crippen molar-refractivity contribution in [3.8, 4) is 11.1 Å². The number of halogens is 3. The Balaban J connectivity index is 2.73. The predicted molar refractivity (Wildman–Crippen MR) is 68.9 cm³/mol. The summed E-state index contributed by atoms with van der Waals surface area (Å²) in [6.45, 7) is 0. The molecule has 2 aromatic carbocycles. The molecule has 4 nitrogen and oxygen atoms in total. The SMILES string of the molecule is O=Cc1ccc(-c2ccccc2C(F)(F)F)c([N+](=O)[O-])c1. The number of aldehydes is 1. The van der Waals surface area contributed by atoms with Crippen molar-refractivity contribution in [2.75, 3.05) is 0 Å². The molecule has 2 rings (SSSR count). The fourth-order valence-corrected chi connectivity index (χ4v) is 1.97. The first-order valence-electron chi connectivity index (χ1n) is 5.75. The molecule has 0 aliphatic rings. The summed E-state index contributed by atoms with van der Waals surface area (Å²) in [5.74, 6) is 0. The molecule has 0 radical (unpaired) electrons. The Bertz CT molecular complexity index is 711. The molecule has 0 aliphatic heterocycles. The minimum Gasteiger partial charge on any atom is -0.298 e. The van der Waals surface area contributed by atoms with Crippen molar-refractivity contribution in [2.45, 2.75) is 6.18 Å². The van der Waals surface area contributed by atoms with Gasteiger partial charge in [-0.3, -0.25) is 14.9 Å². The van der Waals surface area contributed by atoms with Gasteiger partial charge in [0.25, 0.3) is 5.69 Å². The maximum atomic E-state index is 13.0. The van der Waals surface area contributed by atoms with E-state index in [4.69, 9.17) is 0 Å². The van der Waals surface area contributed by atoms with Gasteiger partial charge in [-0.05, 0) is 12.1 Å². The third kappa shape index (κ3) is 2.91. The number of rotatable bonds is 3. The highest BCUT2D eigenvalue weighted by molar-refractivity contribution is 5.83. The molecule has 0 amide bonds.